The van der Waals surface area contributed by atoms with E-state index in [0.717, 1.165) is 13.0 Å². The van der Waals surface area contributed by atoms with E-state index < -0.39 is 0 Å². The van der Waals surface area contributed by atoms with Crippen LogP contribution in [0.5, 0.6) is 0 Å². The normalized spacial score (nSPS) is 10.9. The summed E-state index contributed by atoms with van der Waals surface area (Å²) in [6.07, 6.45) is 1.47. The van der Waals surface area contributed by atoms with Crippen molar-refractivity contribution >= 4 is 5.91 Å². The Morgan fingerprint density at radius 3 is 2.46 bits per heavy atom. The molecule has 0 spiro atoms. The third-order valence-electron chi connectivity index (χ3n) is 1.48. The number of carbonyl (C=O) groups is 1. The molecule has 0 aromatic rings. The van der Waals surface area contributed by atoms with E-state index in [9.17, 15) is 4.79 Å². The highest BCUT2D eigenvalue weighted by molar-refractivity contribution is 5.75. The van der Waals surface area contributed by atoms with Gasteiger partial charge in [-0.25, -0.2) is 5.01 Å². The molecule has 0 heterocycles. The van der Waals surface area contributed by atoms with E-state index in [1.165, 1.54) is 0 Å². The van der Waals surface area contributed by atoms with Crippen LogP contribution in [0.15, 0.2) is 0 Å². The summed E-state index contributed by atoms with van der Waals surface area (Å²) in [6.45, 7) is 5.10. The van der Waals surface area contributed by atoms with Gasteiger partial charge in [0, 0.05) is 26.6 Å². The number of amides is 1. The largest absolute Gasteiger partial charge is 0.315 e. The van der Waals surface area contributed by atoms with Crippen molar-refractivity contribution in [2.24, 2.45) is 0 Å². The lowest BCUT2D eigenvalue weighted by Gasteiger charge is -2.12. The fourth-order valence-corrected chi connectivity index (χ4v) is 0.945. The van der Waals surface area contributed by atoms with Gasteiger partial charge in [0.05, 0.1) is 0 Å². The summed E-state index contributed by atoms with van der Waals surface area (Å²) in [5.41, 5.74) is 2.70. The number of hydrogen-bond acceptors (Lipinski definition) is 3. The van der Waals surface area contributed by atoms with E-state index >= 15 is 0 Å². The first-order valence-electron chi connectivity index (χ1n) is 4.72. The van der Waals surface area contributed by atoms with E-state index in [-0.39, 0.29) is 5.91 Å². The van der Waals surface area contributed by atoms with E-state index in [1.807, 2.05) is 14.1 Å². The molecule has 0 rings (SSSR count). The minimum Gasteiger partial charge on any atom is -0.315 e. The summed E-state index contributed by atoms with van der Waals surface area (Å²) in [4.78, 5) is 11.1. The molecule has 0 atom stereocenters. The average molecular weight is 187 g/mol. The smallest absolute Gasteiger partial charge is 0.234 e. The molecular formula is C9H21N3O. The maximum Gasteiger partial charge on any atom is 0.234 e. The molecule has 4 nitrogen and oxygen atoms in total. The molecule has 0 aromatic carbocycles. The predicted molar refractivity (Wildman–Crippen MR) is 54.2 cm³/mol. The van der Waals surface area contributed by atoms with E-state index in [2.05, 4.69) is 24.6 Å². The second-order valence-electron chi connectivity index (χ2n) is 3.64. The van der Waals surface area contributed by atoms with Crippen molar-refractivity contribution in [3.8, 4) is 0 Å². The van der Waals surface area contributed by atoms with Gasteiger partial charge in [-0.2, -0.15) is 0 Å². The van der Waals surface area contributed by atoms with Crippen molar-refractivity contribution in [2.45, 2.75) is 32.7 Å². The fraction of sp³-hybridized carbons (Fsp3) is 0.889. The maximum atomic E-state index is 11.1. The van der Waals surface area contributed by atoms with Crippen LogP contribution >= 0.6 is 0 Å². The minimum atomic E-state index is 0.0792. The van der Waals surface area contributed by atoms with Crippen molar-refractivity contribution in [3.63, 3.8) is 0 Å². The van der Waals surface area contributed by atoms with Crippen LogP contribution < -0.4 is 10.7 Å². The lowest BCUT2D eigenvalue weighted by Crippen LogP contribution is -2.36. The van der Waals surface area contributed by atoms with Crippen LogP contribution in [-0.4, -0.2) is 37.6 Å². The fourth-order valence-electron chi connectivity index (χ4n) is 0.945. The molecule has 0 radical (unpaired) electrons. The van der Waals surface area contributed by atoms with Gasteiger partial charge in [0.25, 0.3) is 0 Å². The van der Waals surface area contributed by atoms with Gasteiger partial charge in [-0.15, -0.1) is 0 Å². The molecule has 0 saturated carbocycles. The lowest BCUT2D eigenvalue weighted by atomic mass is 10.3. The van der Waals surface area contributed by atoms with Crippen molar-refractivity contribution in [1.82, 2.24) is 15.8 Å². The Bertz CT molecular complexity index is 146. The maximum absolute atomic E-state index is 11.1. The Kier molecular flexibility index (Phi) is 6.54. The molecule has 0 bridgehead atoms. The molecule has 0 aromatic heterocycles. The van der Waals surface area contributed by atoms with Crippen molar-refractivity contribution in [1.29, 1.82) is 0 Å². The molecule has 0 aliphatic carbocycles. The highest BCUT2D eigenvalue weighted by Gasteiger charge is 2.01. The standard InChI is InChI=1S/C9H21N3O/c1-8(2)10-7-5-6-9(13)11-12(3)4/h8,10H,5-7H2,1-4H3,(H,11,13). The average Bonchev–Trinajstić information content (AvgIpc) is 1.96. The molecule has 2 N–H and O–H groups in total. The third kappa shape index (κ3) is 9.30. The van der Waals surface area contributed by atoms with Gasteiger partial charge in [0.2, 0.25) is 5.91 Å². The first-order valence-corrected chi connectivity index (χ1v) is 4.72. The summed E-state index contributed by atoms with van der Waals surface area (Å²) < 4.78 is 0. The molecule has 4 heteroatoms. The van der Waals surface area contributed by atoms with Crippen molar-refractivity contribution in [3.05, 3.63) is 0 Å². The first-order chi connectivity index (χ1) is 6.02. The Hall–Kier alpha value is -0.610. The molecule has 13 heavy (non-hydrogen) atoms. The zero-order chi connectivity index (χ0) is 10.3. The second-order valence-corrected chi connectivity index (χ2v) is 3.64. The Labute approximate surface area is 80.7 Å². The molecule has 0 aliphatic heterocycles. The van der Waals surface area contributed by atoms with Crippen molar-refractivity contribution in [2.75, 3.05) is 20.6 Å². The molecular weight excluding hydrogens is 166 g/mol. The van der Waals surface area contributed by atoms with Gasteiger partial charge < -0.3 is 5.32 Å². The van der Waals surface area contributed by atoms with Crippen LogP contribution in [0.3, 0.4) is 0 Å². The lowest BCUT2D eigenvalue weighted by molar-refractivity contribution is -0.124. The summed E-state index contributed by atoms with van der Waals surface area (Å²) >= 11 is 0. The van der Waals surface area contributed by atoms with E-state index in [4.69, 9.17) is 0 Å². The molecule has 0 saturated heterocycles. The quantitative estimate of drug-likeness (QED) is 0.466. The van der Waals surface area contributed by atoms with Gasteiger partial charge in [-0.05, 0) is 13.0 Å². The summed E-state index contributed by atoms with van der Waals surface area (Å²) in [6, 6.07) is 0.497. The highest BCUT2D eigenvalue weighted by Crippen LogP contribution is 1.88. The zero-order valence-electron chi connectivity index (χ0n) is 9.05. The molecule has 1 amide bonds. The minimum absolute atomic E-state index is 0.0792. The molecule has 0 fully saturated rings. The van der Waals surface area contributed by atoms with Crippen LogP contribution in [0.25, 0.3) is 0 Å². The topological polar surface area (TPSA) is 44.4 Å². The number of nitrogens with one attached hydrogen (secondary N) is 2. The van der Waals surface area contributed by atoms with Gasteiger partial charge in [0.15, 0.2) is 0 Å². The van der Waals surface area contributed by atoms with Gasteiger partial charge in [0.1, 0.15) is 0 Å². The summed E-state index contributed by atoms with van der Waals surface area (Å²) in [5, 5.41) is 4.93. The summed E-state index contributed by atoms with van der Waals surface area (Å²) in [5.74, 6) is 0.0792. The van der Waals surface area contributed by atoms with Crippen LogP contribution in [0.2, 0.25) is 0 Å². The number of hydrazine groups is 1. The number of nitrogens with zero attached hydrogens (tertiary/aromatic N) is 1. The molecule has 78 valence electrons. The Morgan fingerprint density at radius 1 is 1.38 bits per heavy atom. The Morgan fingerprint density at radius 2 is 2.00 bits per heavy atom. The van der Waals surface area contributed by atoms with Gasteiger partial charge >= 0.3 is 0 Å². The third-order valence-corrected chi connectivity index (χ3v) is 1.48. The zero-order valence-corrected chi connectivity index (χ0v) is 9.05. The van der Waals surface area contributed by atoms with E-state index in [0.29, 0.717) is 12.5 Å². The number of rotatable bonds is 6. The van der Waals surface area contributed by atoms with Crippen LogP contribution in [0.1, 0.15) is 26.7 Å². The predicted octanol–water partition coefficient (Wildman–Crippen LogP) is 0.357. The van der Waals surface area contributed by atoms with Gasteiger partial charge in [-0.3, -0.25) is 10.2 Å². The van der Waals surface area contributed by atoms with Crippen molar-refractivity contribution < 1.29 is 4.79 Å². The molecule has 0 unspecified atom stereocenters. The van der Waals surface area contributed by atoms with Crippen LogP contribution in [-0.2, 0) is 4.79 Å². The van der Waals surface area contributed by atoms with E-state index in [1.54, 1.807) is 5.01 Å². The monoisotopic (exact) mass is 187 g/mol. The van der Waals surface area contributed by atoms with Gasteiger partial charge in [-0.1, -0.05) is 13.8 Å². The summed E-state index contributed by atoms with van der Waals surface area (Å²) in [7, 11) is 3.62. The highest BCUT2D eigenvalue weighted by atomic mass is 16.2. The van der Waals surface area contributed by atoms with Crippen LogP contribution in [0, 0.1) is 0 Å². The Balaban J connectivity index is 3.27. The van der Waals surface area contributed by atoms with Crippen LogP contribution in [0.4, 0.5) is 0 Å². The number of hydrogen-bond donors (Lipinski definition) is 2. The first kappa shape index (κ1) is 12.4. The molecule has 0 aliphatic rings. The second kappa shape index (κ2) is 6.86. The number of carbonyl (C=O) groups excluding carboxylic acids is 1. The SMILES string of the molecule is CC(C)NCCCC(=O)NN(C)C.